The van der Waals surface area contributed by atoms with E-state index in [1.807, 2.05) is 18.5 Å². The van der Waals surface area contributed by atoms with Gasteiger partial charge >= 0.3 is 0 Å². The lowest BCUT2D eigenvalue weighted by atomic mass is 9.93. The fraction of sp³-hybridized carbons (Fsp3) is 0.500. The largest absolute Gasteiger partial charge is 0.393 e. The highest BCUT2D eigenvalue weighted by molar-refractivity contribution is 5.80. The van der Waals surface area contributed by atoms with Crippen LogP contribution < -0.4 is 10.6 Å². The van der Waals surface area contributed by atoms with Crippen LogP contribution in [0.15, 0.2) is 47.7 Å². The average Bonchev–Trinajstić information content (AvgIpc) is 3.09. The van der Waals surface area contributed by atoms with Crippen LogP contribution >= 0.6 is 0 Å². The number of guanidine groups is 1. The normalized spacial score (nSPS) is 20.8. The van der Waals surface area contributed by atoms with Crippen LogP contribution in [0.25, 0.3) is 0 Å². The lowest BCUT2D eigenvalue weighted by molar-refractivity contribution is 0.120. The Balaban J connectivity index is 1.62. The molecule has 0 unspecified atom stereocenters. The van der Waals surface area contributed by atoms with Crippen molar-refractivity contribution in [1.82, 2.24) is 20.2 Å². The van der Waals surface area contributed by atoms with Gasteiger partial charge < -0.3 is 20.3 Å². The van der Waals surface area contributed by atoms with E-state index in [2.05, 4.69) is 51.4 Å². The number of aliphatic imine (C=N–C) groups is 1. The minimum atomic E-state index is -0.141. The van der Waals surface area contributed by atoms with Gasteiger partial charge in [-0.3, -0.25) is 0 Å². The lowest BCUT2D eigenvalue weighted by Gasteiger charge is -2.27. The van der Waals surface area contributed by atoms with Gasteiger partial charge in [-0.2, -0.15) is 0 Å². The summed E-state index contributed by atoms with van der Waals surface area (Å²) in [7, 11) is 0. The topological polar surface area (TPSA) is 74.5 Å². The van der Waals surface area contributed by atoms with Crippen molar-refractivity contribution in [2.75, 3.05) is 6.54 Å². The molecule has 0 spiro atoms. The van der Waals surface area contributed by atoms with Crippen molar-refractivity contribution in [1.29, 1.82) is 0 Å². The second kappa shape index (κ2) is 9.38. The van der Waals surface area contributed by atoms with Gasteiger partial charge in [-0.25, -0.2) is 9.98 Å². The molecule has 6 heteroatoms. The molecule has 3 N–H and O–H groups in total. The van der Waals surface area contributed by atoms with Crippen LogP contribution in [0.3, 0.4) is 0 Å². The van der Waals surface area contributed by atoms with Crippen LogP contribution in [0.4, 0.5) is 0 Å². The number of nitrogens with zero attached hydrogens (tertiary/aromatic N) is 3. The Bertz CT molecular complexity index is 689. The van der Waals surface area contributed by atoms with E-state index in [0.29, 0.717) is 12.6 Å². The quantitative estimate of drug-likeness (QED) is 0.549. The molecule has 1 heterocycles. The Labute approximate surface area is 155 Å². The van der Waals surface area contributed by atoms with Crippen molar-refractivity contribution < 1.29 is 5.11 Å². The summed E-state index contributed by atoms with van der Waals surface area (Å²) in [5.41, 5.74) is 1.25. The molecule has 0 saturated heterocycles. The van der Waals surface area contributed by atoms with Crippen molar-refractivity contribution in [3.63, 3.8) is 0 Å². The Kier molecular flexibility index (Phi) is 6.66. The molecule has 2 aromatic rings. The van der Waals surface area contributed by atoms with Gasteiger partial charge in [-0.15, -0.1) is 0 Å². The zero-order chi connectivity index (χ0) is 18.2. The molecule has 1 aromatic carbocycles. The van der Waals surface area contributed by atoms with Crippen LogP contribution in [0.2, 0.25) is 0 Å². The zero-order valence-corrected chi connectivity index (χ0v) is 15.4. The minimum absolute atomic E-state index is 0.141. The Morgan fingerprint density at radius 1 is 1.23 bits per heavy atom. The lowest BCUT2D eigenvalue weighted by Crippen LogP contribution is -2.45. The standard InChI is InChI=1S/C20H29N5O/c1-2-21-20(24-17-8-10-18(26)11-9-17)23-14-19-22-12-13-25(19)15-16-6-4-3-5-7-16/h3-7,12-13,17-18,26H,2,8-11,14-15H2,1H3,(H2,21,23,24). The van der Waals surface area contributed by atoms with Crippen LogP contribution in [0.1, 0.15) is 44.0 Å². The van der Waals surface area contributed by atoms with E-state index in [1.54, 1.807) is 0 Å². The summed E-state index contributed by atoms with van der Waals surface area (Å²) in [5.74, 6) is 1.77. The predicted molar refractivity (Wildman–Crippen MR) is 104 cm³/mol. The summed E-state index contributed by atoms with van der Waals surface area (Å²) >= 11 is 0. The predicted octanol–water partition coefficient (Wildman–Crippen LogP) is 2.29. The Morgan fingerprint density at radius 2 is 2.00 bits per heavy atom. The summed E-state index contributed by atoms with van der Waals surface area (Å²) in [6, 6.07) is 10.8. The first-order chi connectivity index (χ1) is 12.7. The van der Waals surface area contributed by atoms with E-state index in [0.717, 1.165) is 50.6 Å². The Morgan fingerprint density at radius 3 is 2.73 bits per heavy atom. The number of aliphatic hydroxyl groups excluding tert-OH is 1. The highest BCUT2D eigenvalue weighted by atomic mass is 16.3. The number of aromatic nitrogens is 2. The smallest absolute Gasteiger partial charge is 0.191 e. The molecule has 1 aliphatic rings. The SMILES string of the molecule is CCNC(=NCc1nccn1Cc1ccccc1)NC1CCC(O)CC1. The highest BCUT2D eigenvalue weighted by Gasteiger charge is 2.20. The number of nitrogens with one attached hydrogen (secondary N) is 2. The van der Waals surface area contributed by atoms with Gasteiger partial charge in [0.15, 0.2) is 5.96 Å². The fourth-order valence-corrected chi connectivity index (χ4v) is 3.30. The van der Waals surface area contributed by atoms with Crippen molar-refractivity contribution in [3.05, 3.63) is 54.1 Å². The molecule has 1 aromatic heterocycles. The van der Waals surface area contributed by atoms with Gasteiger partial charge in [-0.1, -0.05) is 30.3 Å². The molecule has 26 heavy (non-hydrogen) atoms. The van der Waals surface area contributed by atoms with Crippen LogP contribution in [-0.2, 0) is 13.1 Å². The second-order valence-corrected chi connectivity index (χ2v) is 6.80. The fourth-order valence-electron chi connectivity index (χ4n) is 3.30. The van der Waals surface area contributed by atoms with Gasteiger partial charge in [0.1, 0.15) is 12.4 Å². The molecule has 1 saturated carbocycles. The average molecular weight is 355 g/mol. The number of imidazole rings is 1. The van der Waals surface area contributed by atoms with Crippen LogP contribution in [0.5, 0.6) is 0 Å². The van der Waals surface area contributed by atoms with Gasteiger partial charge in [0.2, 0.25) is 0 Å². The maximum Gasteiger partial charge on any atom is 0.191 e. The molecule has 0 bridgehead atoms. The third-order valence-corrected chi connectivity index (χ3v) is 4.76. The van der Waals surface area contributed by atoms with E-state index in [-0.39, 0.29) is 6.10 Å². The molecule has 1 fully saturated rings. The number of benzene rings is 1. The van der Waals surface area contributed by atoms with Crippen molar-refractivity contribution in [3.8, 4) is 0 Å². The maximum atomic E-state index is 9.66. The molecule has 6 nitrogen and oxygen atoms in total. The first kappa shape index (κ1) is 18.5. The molecule has 140 valence electrons. The minimum Gasteiger partial charge on any atom is -0.393 e. The van der Waals surface area contributed by atoms with E-state index in [1.165, 1.54) is 5.56 Å². The zero-order valence-electron chi connectivity index (χ0n) is 15.4. The van der Waals surface area contributed by atoms with Crippen LogP contribution in [-0.4, -0.2) is 39.3 Å². The molecule has 0 aliphatic heterocycles. The molecule has 1 aliphatic carbocycles. The summed E-state index contributed by atoms with van der Waals surface area (Å²) in [6.07, 6.45) is 7.37. The number of hydrogen-bond acceptors (Lipinski definition) is 3. The second-order valence-electron chi connectivity index (χ2n) is 6.80. The highest BCUT2D eigenvalue weighted by Crippen LogP contribution is 2.18. The van der Waals surface area contributed by atoms with E-state index < -0.39 is 0 Å². The maximum absolute atomic E-state index is 9.66. The van der Waals surface area contributed by atoms with Crippen LogP contribution in [0, 0.1) is 0 Å². The first-order valence-electron chi connectivity index (χ1n) is 9.51. The Hall–Kier alpha value is -2.34. The summed E-state index contributed by atoms with van der Waals surface area (Å²) in [5, 5.41) is 16.5. The molecule has 0 radical (unpaired) electrons. The van der Waals surface area contributed by atoms with E-state index in [4.69, 9.17) is 4.99 Å². The molecule has 0 amide bonds. The molecule has 0 atom stereocenters. The third kappa shape index (κ3) is 5.33. The molecular weight excluding hydrogens is 326 g/mol. The molecule has 3 rings (SSSR count). The van der Waals surface area contributed by atoms with E-state index in [9.17, 15) is 5.11 Å². The third-order valence-electron chi connectivity index (χ3n) is 4.76. The van der Waals surface area contributed by atoms with Gasteiger partial charge in [-0.05, 0) is 38.2 Å². The number of aliphatic hydroxyl groups is 1. The van der Waals surface area contributed by atoms with E-state index >= 15 is 0 Å². The van der Waals surface area contributed by atoms with Gasteiger partial charge in [0.05, 0.1) is 6.10 Å². The monoisotopic (exact) mass is 355 g/mol. The van der Waals surface area contributed by atoms with Crippen molar-refractivity contribution in [2.24, 2.45) is 4.99 Å². The first-order valence-corrected chi connectivity index (χ1v) is 9.51. The van der Waals surface area contributed by atoms with Crippen molar-refractivity contribution >= 4 is 5.96 Å². The molecular formula is C20H29N5O. The number of rotatable bonds is 6. The van der Waals surface area contributed by atoms with Crippen molar-refractivity contribution in [2.45, 2.75) is 57.8 Å². The summed E-state index contributed by atoms with van der Waals surface area (Å²) in [6.45, 7) is 4.22. The summed E-state index contributed by atoms with van der Waals surface area (Å²) in [4.78, 5) is 9.19. The van der Waals surface area contributed by atoms with Gasteiger partial charge in [0.25, 0.3) is 0 Å². The van der Waals surface area contributed by atoms with Gasteiger partial charge in [0, 0.05) is 31.5 Å². The number of hydrogen-bond donors (Lipinski definition) is 3. The summed E-state index contributed by atoms with van der Waals surface area (Å²) < 4.78 is 2.14.